The van der Waals surface area contributed by atoms with Crippen LogP contribution >= 0.6 is 0 Å². The van der Waals surface area contributed by atoms with Crippen LogP contribution in [0.4, 0.5) is 17.2 Å². The van der Waals surface area contributed by atoms with Crippen LogP contribution in [0.5, 0.6) is 0 Å². The van der Waals surface area contributed by atoms with E-state index in [1.165, 1.54) is 28.0 Å². The standard InChI is InChI=1S/C25H24N6O2S/c1-18-16-27-11-13-30(18)22-8-6-21(7-9-22)29-25-14-23-20(17-28-25)10-12-31(23)34(32,33)24-5-3-2-4-19(24)15-26/h2-10,12,14,17-18,27H,11,13,16H2,1H3,(H,28,29). The van der Waals surface area contributed by atoms with Crippen molar-refractivity contribution in [2.75, 3.05) is 29.9 Å². The Kier molecular flexibility index (Phi) is 5.69. The van der Waals surface area contributed by atoms with E-state index in [2.05, 4.69) is 39.6 Å². The van der Waals surface area contributed by atoms with Crippen molar-refractivity contribution in [2.45, 2.75) is 17.9 Å². The molecule has 0 aliphatic carbocycles. The van der Waals surface area contributed by atoms with Gasteiger partial charge in [0, 0.05) is 60.9 Å². The van der Waals surface area contributed by atoms with E-state index >= 15 is 0 Å². The first-order valence-electron chi connectivity index (χ1n) is 11.0. The molecule has 0 bridgehead atoms. The molecule has 5 rings (SSSR count). The van der Waals surface area contributed by atoms with Crippen LogP contribution in [-0.2, 0) is 10.0 Å². The number of aromatic nitrogens is 2. The number of piperazine rings is 1. The SMILES string of the molecule is CC1CNCCN1c1ccc(Nc2cc3c(ccn3S(=O)(=O)c3ccccc3C#N)cn2)cc1. The summed E-state index contributed by atoms with van der Waals surface area (Å²) in [6.45, 7) is 5.10. The molecule has 0 saturated carbocycles. The summed E-state index contributed by atoms with van der Waals surface area (Å²) in [4.78, 5) is 6.79. The van der Waals surface area contributed by atoms with E-state index in [4.69, 9.17) is 0 Å². The van der Waals surface area contributed by atoms with Gasteiger partial charge in [0.05, 0.1) is 11.1 Å². The monoisotopic (exact) mass is 472 g/mol. The molecule has 1 aliphatic rings. The Morgan fingerprint density at radius 2 is 1.94 bits per heavy atom. The molecule has 0 radical (unpaired) electrons. The molecular formula is C25H24N6O2S. The predicted octanol–water partition coefficient (Wildman–Crippen LogP) is 3.69. The fourth-order valence-corrected chi connectivity index (χ4v) is 5.77. The third-order valence-electron chi connectivity index (χ3n) is 6.06. The third-order valence-corrected chi connectivity index (χ3v) is 7.80. The fraction of sp³-hybridized carbons (Fsp3) is 0.200. The van der Waals surface area contributed by atoms with Crippen molar-refractivity contribution in [2.24, 2.45) is 0 Å². The molecule has 1 fully saturated rings. The van der Waals surface area contributed by atoms with E-state index in [0.717, 1.165) is 25.3 Å². The molecule has 4 aromatic rings. The average Bonchev–Trinajstić information content (AvgIpc) is 3.29. The summed E-state index contributed by atoms with van der Waals surface area (Å²) in [5.74, 6) is 0.527. The Hall–Kier alpha value is -3.87. The Labute approximate surface area is 198 Å². The van der Waals surface area contributed by atoms with E-state index in [9.17, 15) is 13.7 Å². The second-order valence-electron chi connectivity index (χ2n) is 8.27. The van der Waals surface area contributed by atoms with E-state index in [1.807, 2.05) is 18.2 Å². The highest BCUT2D eigenvalue weighted by Gasteiger charge is 2.22. The number of nitrogens with zero attached hydrogens (tertiary/aromatic N) is 4. The van der Waals surface area contributed by atoms with Crippen molar-refractivity contribution in [1.82, 2.24) is 14.3 Å². The zero-order valence-electron chi connectivity index (χ0n) is 18.6. The van der Waals surface area contributed by atoms with Gasteiger partial charge in [-0.15, -0.1) is 0 Å². The Morgan fingerprint density at radius 3 is 2.71 bits per heavy atom. The molecule has 34 heavy (non-hydrogen) atoms. The highest BCUT2D eigenvalue weighted by Crippen LogP contribution is 2.27. The highest BCUT2D eigenvalue weighted by atomic mass is 32.2. The number of nitriles is 1. The first kappa shape index (κ1) is 21.9. The van der Waals surface area contributed by atoms with Gasteiger partial charge >= 0.3 is 0 Å². The Bertz CT molecular complexity index is 1490. The lowest BCUT2D eigenvalue weighted by Gasteiger charge is -2.36. The van der Waals surface area contributed by atoms with Crippen LogP contribution in [-0.4, -0.2) is 43.1 Å². The van der Waals surface area contributed by atoms with Gasteiger partial charge < -0.3 is 15.5 Å². The van der Waals surface area contributed by atoms with Gasteiger partial charge in [0.1, 0.15) is 16.8 Å². The van der Waals surface area contributed by atoms with Gasteiger partial charge in [-0.1, -0.05) is 12.1 Å². The van der Waals surface area contributed by atoms with Gasteiger partial charge in [-0.05, 0) is 49.4 Å². The van der Waals surface area contributed by atoms with Crippen molar-refractivity contribution in [3.63, 3.8) is 0 Å². The summed E-state index contributed by atoms with van der Waals surface area (Å²) in [7, 11) is -3.95. The minimum Gasteiger partial charge on any atom is -0.366 e. The average molecular weight is 473 g/mol. The summed E-state index contributed by atoms with van der Waals surface area (Å²) in [5.41, 5.74) is 2.61. The number of fused-ring (bicyclic) bond motifs is 1. The predicted molar refractivity (Wildman–Crippen MR) is 133 cm³/mol. The normalized spacial score (nSPS) is 16.4. The maximum atomic E-state index is 13.3. The van der Waals surface area contributed by atoms with Crippen LogP contribution < -0.4 is 15.5 Å². The zero-order valence-corrected chi connectivity index (χ0v) is 19.5. The molecule has 9 heteroatoms. The maximum Gasteiger partial charge on any atom is 0.269 e. The summed E-state index contributed by atoms with van der Waals surface area (Å²) < 4.78 is 27.9. The molecule has 8 nitrogen and oxygen atoms in total. The fourth-order valence-electron chi connectivity index (χ4n) is 4.28. The lowest BCUT2D eigenvalue weighted by atomic mass is 10.1. The second kappa shape index (κ2) is 8.82. The van der Waals surface area contributed by atoms with E-state index in [0.29, 0.717) is 22.8 Å². The van der Waals surface area contributed by atoms with Crippen molar-refractivity contribution < 1.29 is 8.42 Å². The molecule has 2 N–H and O–H groups in total. The smallest absolute Gasteiger partial charge is 0.269 e. The van der Waals surface area contributed by atoms with Crippen LogP contribution in [0, 0.1) is 11.3 Å². The van der Waals surface area contributed by atoms with Crippen LogP contribution in [0.3, 0.4) is 0 Å². The van der Waals surface area contributed by atoms with Crippen LogP contribution in [0.1, 0.15) is 12.5 Å². The van der Waals surface area contributed by atoms with Crippen molar-refractivity contribution in [3.05, 3.63) is 78.6 Å². The van der Waals surface area contributed by atoms with Crippen molar-refractivity contribution in [1.29, 1.82) is 5.26 Å². The van der Waals surface area contributed by atoms with Gasteiger partial charge in [0.25, 0.3) is 10.0 Å². The van der Waals surface area contributed by atoms with E-state index < -0.39 is 10.0 Å². The molecule has 1 unspecified atom stereocenters. The minimum absolute atomic E-state index is 0.0287. The van der Waals surface area contributed by atoms with Gasteiger partial charge in [0.15, 0.2) is 0 Å². The zero-order chi connectivity index (χ0) is 23.7. The molecular weight excluding hydrogens is 448 g/mol. The Balaban J connectivity index is 1.44. The number of hydrogen-bond acceptors (Lipinski definition) is 7. The summed E-state index contributed by atoms with van der Waals surface area (Å²) in [5, 5.41) is 16.7. The van der Waals surface area contributed by atoms with Gasteiger partial charge in [-0.2, -0.15) is 5.26 Å². The lowest BCUT2D eigenvalue weighted by Crippen LogP contribution is -2.49. The highest BCUT2D eigenvalue weighted by molar-refractivity contribution is 7.90. The molecule has 2 aromatic heterocycles. The van der Waals surface area contributed by atoms with Crippen LogP contribution in [0.15, 0.2) is 78.0 Å². The number of anilines is 3. The number of rotatable bonds is 5. The molecule has 2 aromatic carbocycles. The number of pyridine rings is 1. The Morgan fingerprint density at radius 1 is 1.15 bits per heavy atom. The second-order valence-corrected chi connectivity index (χ2v) is 10.1. The first-order valence-corrected chi connectivity index (χ1v) is 12.5. The van der Waals surface area contributed by atoms with E-state index in [-0.39, 0.29) is 10.5 Å². The number of benzene rings is 2. The number of nitrogens with one attached hydrogen (secondary N) is 2. The van der Waals surface area contributed by atoms with Crippen molar-refractivity contribution >= 4 is 38.1 Å². The lowest BCUT2D eigenvalue weighted by molar-refractivity contribution is 0.501. The maximum absolute atomic E-state index is 13.3. The molecule has 1 saturated heterocycles. The summed E-state index contributed by atoms with van der Waals surface area (Å²) >= 11 is 0. The topological polar surface area (TPSA) is 103 Å². The quantitative estimate of drug-likeness (QED) is 0.457. The molecule has 1 aliphatic heterocycles. The summed E-state index contributed by atoms with van der Waals surface area (Å²) in [6, 6.07) is 20.1. The largest absolute Gasteiger partial charge is 0.366 e. The molecule has 0 spiro atoms. The van der Waals surface area contributed by atoms with Gasteiger partial charge in [0.2, 0.25) is 0 Å². The van der Waals surface area contributed by atoms with Gasteiger partial charge in [-0.25, -0.2) is 17.4 Å². The minimum atomic E-state index is -3.95. The number of hydrogen-bond donors (Lipinski definition) is 2. The van der Waals surface area contributed by atoms with Crippen molar-refractivity contribution in [3.8, 4) is 6.07 Å². The summed E-state index contributed by atoms with van der Waals surface area (Å²) in [6.07, 6.45) is 3.12. The van der Waals surface area contributed by atoms with Crippen LogP contribution in [0.2, 0.25) is 0 Å². The van der Waals surface area contributed by atoms with E-state index in [1.54, 1.807) is 30.5 Å². The molecule has 0 amide bonds. The third kappa shape index (κ3) is 3.98. The van der Waals surface area contributed by atoms with Gasteiger partial charge in [-0.3, -0.25) is 0 Å². The first-order chi connectivity index (χ1) is 16.5. The molecule has 1 atom stereocenters. The molecule has 3 heterocycles. The van der Waals surface area contributed by atoms with Crippen LogP contribution in [0.25, 0.3) is 10.9 Å². The molecule has 172 valence electrons.